The Kier molecular flexibility index (Phi) is 6.06. The van der Waals surface area contributed by atoms with Crippen LogP contribution in [0.1, 0.15) is 12.5 Å². The van der Waals surface area contributed by atoms with Crippen LogP contribution in [-0.4, -0.2) is 26.2 Å². The molecule has 0 aliphatic carbocycles. The minimum atomic E-state index is -0.516. The van der Waals surface area contributed by atoms with Crippen LogP contribution in [0.2, 0.25) is 0 Å². The minimum absolute atomic E-state index is 0.125. The summed E-state index contributed by atoms with van der Waals surface area (Å²) in [5, 5.41) is 2.52. The molecule has 1 rings (SSSR count). The lowest BCUT2D eigenvalue weighted by atomic mass is 10.2. The van der Waals surface area contributed by atoms with E-state index in [9.17, 15) is 4.79 Å². The molecule has 94 valence electrons. The topological polar surface area (TPSA) is 56.8 Å². The molecule has 1 unspecified atom stereocenters. The highest BCUT2D eigenvalue weighted by molar-refractivity contribution is 5.67. The third kappa shape index (κ3) is 5.89. The summed E-state index contributed by atoms with van der Waals surface area (Å²) in [6, 6.07) is 9.46. The first-order chi connectivity index (χ1) is 8.22. The van der Waals surface area contributed by atoms with Crippen molar-refractivity contribution in [3.05, 3.63) is 35.9 Å². The third-order valence-corrected chi connectivity index (χ3v) is 1.97. The van der Waals surface area contributed by atoms with Crippen molar-refractivity contribution in [2.45, 2.75) is 19.8 Å². The van der Waals surface area contributed by atoms with Gasteiger partial charge in [-0.05, 0) is 12.5 Å². The Morgan fingerprint density at radius 3 is 2.71 bits per heavy atom. The zero-order valence-corrected chi connectivity index (χ0v) is 10.0. The predicted octanol–water partition coefficient (Wildman–Crippen LogP) is 1.88. The van der Waals surface area contributed by atoms with E-state index in [0.29, 0.717) is 0 Å². The van der Waals surface area contributed by atoms with Crippen LogP contribution in [0.25, 0.3) is 0 Å². The van der Waals surface area contributed by atoms with Crippen molar-refractivity contribution in [1.82, 2.24) is 5.32 Å². The van der Waals surface area contributed by atoms with E-state index in [2.05, 4.69) is 5.32 Å². The lowest BCUT2D eigenvalue weighted by Crippen LogP contribution is -2.35. The summed E-state index contributed by atoms with van der Waals surface area (Å²) in [6.07, 6.45) is -0.962. The SMILES string of the molecule is COCOC(C)NC(=O)OCc1ccccc1. The van der Waals surface area contributed by atoms with Crippen molar-refractivity contribution in [3.8, 4) is 0 Å². The van der Waals surface area contributed by atoms with E-state index in [-0.39, 0.29) is 13.4 Å². The standard InChI is InChI=1S/C12H17NO4/c1-10(17-9-15-2)13-12(14)16-8-11-6-4-3-5-7-11/h3-7,10H,8-9H2,1-2H3,(H,13,14). The number of alkyl carbamates (subject to hydrolysis) is 1. The first kappa shape index (κ1) is 13.5. The number of hydrogen-bond donors (Lipinski definition) is 1. The lowest BCUT2D eigenvalue weighted by Gasteiger charge is -2.14. The molecule has 0 fully saturated rings. The molecule has 1 aromatic rings. The van der Waals surface area contributed by atoms with Gasteiger partial charge >= 0.3 is 6.09 Å². The Hall–Kier alpha value is -1.59. The van der Waals surface area contributed by atoms with Crippen LogP contribution < -0.4 is 5.32 Å². The molecule has 1 aromatic carbocycles. The molecule has 0 saturated carbocycles. The van der Waals surface area contributed by atoms with Gasteiger partial charge in [-0.25, -0.2) is 4.79 Å². The fraction of sp³-hybridized carbons (Fsp3) is 0.417. The lowest BCUT2D eigenvalue weighted by molar-refractivity contribution is -0.0744. The first-order valence-corrected chi connectivity index (χ1v) is 5.30. The molecule has 0 heterocycles. The molecule has 1 N–H and O–H groups in total. The smallest absolute Gasteiger partial charge is 0.409 e. The molecule has 0 saturated heterocycles. The number of rotatable bonds is 6. The zero-order valence-electron chi connectivity index (χ0n) is 10.0. The van der Waals surface area contributed by atoms with Crippen LogP contribution in [0.15, 0.2) is 30.3 Å². The number of amides is 1. The van der Waals surface area contributed by atoms with E-state index < -0.39 is 12.3 Å². The number of ether oxygens (including phenoxy) is 3. The predicted molar refractivity (Wildman–Crippen MR) is 62.2 cm³/mol. The molecular weight excluding hydrogens is 222 g/mol. The van der Waals surface area contributed by atoms with Crippen LogP contribution in [0.5, 0.6) is 0 Å². The maximum atomic E-state index is 11.3. The van der Waals surface area contributed by atoms with Gasteiger partial charge in [-0.15, -0.1) is 0 Å². The second-order valence-corrected chi connectivity index (χ2v) is 3.42. The Labute approximate surface area is 101 Å². The van der Waals surface area contributed by atoms with Crippen molar-refractivity contribution >= 4 is 6.09 Å². The fourth-order valence-electron chi connectivity index (χ4n) is 1.14. The zero-order chi connectivity index (χ0) is 12.5. The molecule has 5 heteroatoms. The van der Waals surface area contributed by atoms with E-state index in [1.807, 2.05) is 30.3 Å². The summed E-state index contributed by atoms with van der Waals surface area (Å²) in [4.78, 5) is 11.3. The number of nitrogens with one attached hydrogen (secondary N) is 1. The molecule has 1 atom stereocenters. The molecule has 0 aromatic heterocycles. The van der Waals surface area contributed by atoms with E-state index in [1.54, 1.807) is 6.92 Å². The van der Waals surface area contributed by atoms with E-state index in [1.165, 1.54) is 7.11 Å². The molecule has 0 aliphatic rings. The van der Waals surface area contributed by atoms with E-state index in [0.717, 1.165) is 5.56 Å². The molecular formula is C12H17NO4. The van der Waals surface area contributed by atoms with Gasteiger partial charge in [-0.2, -0.15) is 0 Å². The van der Waals surface area contributed by atoms with Gasteiger partial charge in [0.15, 0.2) is 0 Å². The normalized spacial score (nSPS) is 11.9. The Bertz CT molecular complexity index is 329. The molecule has 5 nitrogen and oxygen atoms in total. The largest absolute Gasteiger partial charge is 0.445 e. The van der Waals surface area contributed by atoms with Crippen LogP contribution >= 0.6 is 0 Å². The van der Waals surface area contributed by atoms with Gasteiger partial charge in [0.1, 0.15) is 19.6 Å². The summed E-state index contributed by atoms with van der Waals surface area (Å²) >= 11 is 0. The van der Waals surface area contributed by atoms with E-state index in [4.69, 9.17) is 14.2 Å². The summed E-state index contributed by atoms with van der Waals surface area (Å²) in [7, 11) is 1.51. The summed E-state index contributed by atoms with van der Waals surface area (Å²) in [5.41, 5.74) is 0.938. The van der Waals surface area contributed by atoms with Crippen molar-refractivity contribution in [1.29, 1.82) is 0 Å². The van der Waals surface area contributed by atoms with Crippen molar-refractivity contribution in [2.24, 2.45) is 0 Å². The summed E-state index contributed by atoms with van der Waals surface area (Å²) < 4.78 is 14.8. The second-order valence-electron chi connectivity index (χ2n) is 3.42. The van der Waals surface area contributed by atoms with Gasteiger partial charge in [0.05, 0.1) is 0 Å². The van der Waals surface area contributed by atoms with Gasteiger partial charge in [-0.3, -0.25) is 5.32 Å². The van der Waals surface area contributed by atoms with E-state index >= 15 is 0 Å². The first-order valence-electron chi connectivity index (χ1n) is 5.30. The fourth-order valence-corrected chi connectivity index (χ4v) is 1.14. The van der Waals surface area contributed by atoms with Crippen molar-refractivity contribution in [3.63, 3.8) is 0 Å². The number of carbonyl (C=O) groups excluding carboxylic acids is 1. The molecule has 1 amide bonds. The monoisotopic (exact) mass is 239 g/mol. The average molecular weight is 239 g/mol. The van der Waals surface area contributed by atoms with Gasteiger partial charge in [0, 0.05) is 7.11 Å². The van der Waals surface area contributed by atoms with Crippen LogP contribution in [0.3, 0.4) is 0 Å². The highest BCUT2D eigenvalue weighted by Gasteiger charge is 2.07. The van der Waals surface area contributed by atoms with Crippen LogP contribution in [-0.2, 0) is 20.8 Å². The van der Waals surface area contributed by atoms with Gasteiger partial charge in [-0.1, -0.05) is 30.3 Å². The number of carbonyl (C=O) groups is 1. The third-order valence-electron chi connectivity index (χ3n) is 1.97. The Morgan fingerprint density at radius 1 is 1.35 bits per heavy atom. The molecule has 0 spiro atoms. The maximum Gasteiger partial charge on any atom is 0.409 e. The Balaban J connectivity index is 2.21. The second kappa shape index (κ2) is 7.65. The van der Waals surface area contributed by atoms with Crippen LogP contribution in [0.4, 0.5) is 4.79 Å². The number of methoxy groups -OCH3 is 1. The summed E-state index contributed by atoms with van der Waals surface area (Å²) in [5.74, 6) is 0. The van der Waals surface area contributed by atoms with Crippen LogP contribution in [0, 0.1) is 0 Å². The van der Waals surface area contributed by atoms with Gasteiger partial charge < -0.3 is 14.2 Å². The highest BCUT2D eigenvalue weighted by atomic mass is 16.7. The van der Waals surface area contributed by atoms with Gasteiger partial charge in [0.2, 0.25) is 0 Å². The van der Waals surface area contributed by atoms with Crippen molar-refractivity contribution < 1.29 is 19.0 Å². The molecule has 0 radical (unpaired) electrons. The number of hydrogen-bond acceptors (Lipinski definition) is 4. The highest BCUT2D eigenvalue weighted by Crippen LogP contribution is 2.00. The Morgan fingerprint density at radius 2 is 2.06 bits per heavy atom. The van der Waals surface area contributed by atoms with Crippen molar-refractivity contribution in [2.75, 3.05) is 13.9 Å². The minimum Gasteiger partial charge on any atom is -0.445 e. The number of benzene rings is 1. The molecule has 17 heavy (non-hydrogen) atoms. The summed E-state index contributed by atoms with van der Waals surface area (Å²) in [6.45, 7) is 2.06. The average Bonchev–Trinajstić information content (AvgIpc) is 2.35. The molecule has 0 bridgehead atoms. The van der Waals surface area contributed by atoms with Gasteiger partial charge in [0.25, 0.3) is 0 Å². The maximum absolute atomic E-state index is 11.3. The molecule has 0 aliphatic heterocycles. The quantitative estimate of drug-likeness (QED) is 0.770.